The van der Waals surface area contributed by atoms with E-state index in [1.807, 2.05) is 30.3 Å². The molecule has 0 aliphatic rings. The van der Waals surface area contributed by atoms with Crippen LogP contribution in [-0.2, 0) is 21.2 Å². The van der Waals surface area contributed by atoms with E-state index in [-0.39, 0.29) is 16.4 Å². The Bertz CT molecular complexity index is 1580. The fourth-order valence-electron chi connectivity index (χ4n) is 3.91. The van der Waals surface area contributed by atoms with E-state index in [4.69, 9.17) is 5.41 Å². The van der Waals surface area contributed by atoms with Gasteiger partial charge in [0.1, 0.15) is 5.25 Å². The van der Waals surface area contributed by atoms with E-state index in [1.54, 1.807) is 30.3 Å². The van der Waals surface area contributed by atoms with E-state index in [1.165, 1.54) is 42.7 Å². The van der Waals surface area contributed by atoms with Crippen molar-refractivity contribution in [1.29, 1.82) is 5.41 Å². The molecular weight excluding hydrogens is 530 g/mol. The lowest BCUT2D eigenvalue weighted by Gasteiger charge is -2.16. The predicted octanol–water partition coefficient (Wildman–Crippen LogP) is 4.46. The number of hydrogen-bond donors (Lipinski definition) is 5. The molecule has 4 aromatic rings. The van der Waals surface area contributed by atoms with Crippen molar-refractivity contribution >= 4 is 39.0 Å². The van der Waals surface area contributed by atoms with Crippen molar-refractivity contribution in [3.05, 3.63) is 120 Å². The third kappa shape index (κ3) is 7.29. The second-order valence-corrected chi connectivity index (χ2v) is 10.9. The highest BCUT2D eigenvalue weighted by molar-refractivity contribution is 7.91. The van der Waals surface area contributed by atoms with Gasteiger partial charge in [-0.1, -0.05) is 36.4 Å². The Kier molecular flexibility index (Phi) is 8.87. The van der Waals surface area contributed by atoms with Crippen LogP contribution < -0.4 is 16.0 Å². The van der Waals surface area contributed by atoms with E-state index in [0.29, 0.717) is 23.5 Å². The summed E-state index contributed by atoms with van der Waals surface area (Å²) >= 11 is 0. The van der Waals surface area contributed by atoms with Gasteiger partial charge in [0, 0.05) is 35.9 Å². The van der Waals surface area contributed by atoms with Crippen LogP contribution in [0.2, 0.25) is 0 Å². The third-order valence-corrected chi connectivity index (χ3v) is 8.08. The lowest BCUT2D eigenvalue weighted by molar-refractivity contribution is -0.137. The smallest absolute Gasteiger partial charge is 0.305 e. The minimum absolute atomic E-state index is 0.0700. The van der Waals surface area contributed by atoms with E-state index < -0.39 is 33.4 Å². The zero-order chi connectivity index (χ0) is 28.5. The van der Waals surface area contributed by atoms with E-state index in [0.717, 1.165) is 5.56 Å². The zero-order valence-electron chi connectivity index (χ0n) is 21.2. The molecule has 204 valence electrons. The van der Waals surface area contributed by atoms with Crippen LogP contribution >= 0.6 is 0 Å². The molecule has 4 rings (SSSR count). The molecule has 0 saturated carbocycles. The molecular formula is C29H27N5O5S. The highest BCUT2D eigenvalue weighted by Crippen LogP contribution is 2.32. The minimum Gasteiger partial charge on any atom is -0.481 e. The molecule has 1 atom stereocenters. The molecule has 5 N–H and O–H groups in total. The van der Waals surface area contributed by atoms with Crippen LogP contribution in [0.25, 0.3) is 0 Å². The van der Waals surface area contributed by atoms with Crippen LogP contribution in [0.3, 0.4) is 0 Å². The van der Waals surface area contributed by atoms with E-state index in [2.05, 4.69) is 20.9 Å². The van der Waals surface area contributed by atoms with Crippen molar-refractivity contribution in [2.75, 3.05) is 10.6 Å². The van der Waals surface area contributed by atoms with Gasteiger partial charge in [-0.25, -0.2) is 8.42 Å². The van der Waals surface area contributed by atoms with Gasteiger partial charge in [-0.3, -0.25) is 20.0 Å². The molecule has 0 radical (unpaired) electrons. The second-order valence-electron chi connectivity index (χ2n) is 8.81. The SMILES string of the molecule is N=C(NCc1ccccc1)Nc1ccc(C(=O)Nc2ccc(S(=O)(=O)C(CC(=O)O)c3cccnc3)cc2)cc1. The van der Waals surface area contributed by atoms with Gasteiger partial charge in [0.15, 0.2) is 15.8 Å². The first-order chi connectivity index (χ1) is 19.2. The van der Waals surface area contributed by atoms with Gasteiger partial charge in [0.05, 0.1) is 11.3 Å². The van der Waals surface area contributed by atoms with Crippen molar-refractivity contribution < 1.29 is 23.1 Å². The van der Waals surface area contributed by atoms with Crippen molar-refractivity contribution in [2.45, 2.75) is 23.1 Å². The maximum Gasteiger partial charge on any atom is 0.305 e. The first-order valence-electron chi connectivity index (χ1n) is 12.2. The number of sulfone groups is 1. The number of pyridine rings is 1. The fraction of sp³-hybridized carbons (Fsp3) is 0.103. The number of aromatic nitrogens is 1. The predicted molar refractivity (Wildman–Crippen MR) is 152 cm³/mol. The second kappa shape index (κ2) is 12.7. The summed E-state index contributed by atoms with van der Waals surface area (Å²) < 4.78 is 26.5. The first-order valence-corrected chi connectivity index (χ1v) is 13.8. The van der Waals surface area contributed by atoms with Crippen LogP contribution in [0.1, 0.15) is 33.2 Å². The molecule has 0 fully saturated rings. The largest absolute Gasteiger partial charge is 0.481 e. The van der Waals surface area contributed by atoms with Crippen LogP contribution in [0, 0.1) is 5.41 Å². The molecule has 1 unspecified atom stereocenters. The van der Waals surface area contributed by atoms with Crippen molar-refractivity contribution in [3.63, 3.8) is 0 Å². The number of carbonyl (C=O) groups excluding carboxylic acids is 1. The number of aliphatic carboxylic acids is 1. The highest BCUT2D eigenvalue weighted by atomic mass is 32.2. The van der Waals surface area contributed by atoms with Crippen LogP contribution in [0.4, 0.5) is 11.4 Å². The molecule has 0 aliphatic carbocycles. The molecule has 0 spiro atoms. The van der Waals surface area contributed by atoms with Gasteiger partial charge in [0.25, 0.3) is 5.91 Å². The third-order valence-electron chi connectivity index (χ3n) is 5.96. The van der Waals surface area contributed by atoms with E-state index in [9.17, 15) is 23.1 Å². The molecule has 1 amide bonds. The van der Waals surface area contributed by atoms with Gasteiger partial charge in [-0.2, -0.15) is 0 Å². The number of anilines is 2. The Hall–Kier alpha value is -5.03. The summed E-state index contributed by atoms with van der Waals surface area (Å²) in [6.07, 6.45) is 2.20. The molecule has 3 aromatic carbocycles. The van der Waals surface area contributed by atoms with Gasteiger partial charge in [0.2, 0.25) is 0 Å². The number of carbonyl (C=O) groups is 2. The average Bonchev–Trinajstić information content (AvgIpc) is 2.96. The number of carboxylic acid groups (broad SMARTS) is 1. The topological polar surface area (TPSA) is 161 Å². The monoisotopic (exact) mass is 557 g/mol. The molecule has 40 heavy (non-hydrogen) atoms. The summed E-state index contributed by atoms with van der Waals surface area (Å²) in [7, 11) is -4.04. The summed E-state index contributed by atoms with van der Waals surface area (Å²) in [6, 6.07) is 24.9. The number of guanidine groups is 1. The number of nitrogens with zero attached hydrogens (tertiary/aromatic N) is 1. The summed E-state index contributed by atoms with van der Waals surface area (Å²) in [5.74, 6) is -1.54. The number of amides is 1. The summed E-state index contributed by atoms with van der Waals surface area (Å²) in [4.78, 5) is 27.9. The lowest BCUT2D eigenvalue weighted by atomic mass is 10.1. The standard InChI is InChI=1S/C29H27N5O5S/c30-29(32-18-20-5-2-1-3-6-20)34-24-10-8-21(9-11-24)28(37)33-23-12-14-25(15-13-23)40(38,39)26(17-27(35)36)22-7-4-16-31-19-22/h1-16,19,26H,17-18H2,(H,33,37)(H,35,36)(H3,30,32,34). The Morgan fingerprint density at radius 1 is 0.850 bits per heavy atom. The molecule has 0 aliphatic heterocycles. The Morgan fingerprint density at radius 2 is 1.50 bits per heavy atom. The normalized spacial score (nSPS) is 11.7. The van der Waals surface area contributed by atoms with Crippen molar-refractivity contribution in [3.8, 4) is 0 Å². The van der Waals surface area contributed by atoms with Gasteiger partial charge >= 0.3 is 5.97 Å². The van der Waals surface area contributed by atoms with Crippen LogP contribution in [0.5, 0.6) is 0 Å². The number of rotatable bonds is 10. The fourth-order valence-corrected chi connectivity index (χ4v) is 5.61. The molecule has 0 bridgehead atoms. The number of carboxylic acids is 1. The van der Waals surface area contributed by atoms with Crippen molar-refractivity contribution in [2.24, 2.45) is 0 Å². The summed E-state index contributed by atoms with van der Waals surface area (Å²) in [5, 5.41) is 24.7. The number of benzene rings is 3. The molecule has 10 nitrogen and oxygen atoms in total. The Balaban J connectivity index is 1.37. The van der Waals surface area contributed by atoms with E-state index >= 15 is 0 Å². The Morgan fingerprint density at radius 3 is 2.12 bits per heavy atom. The van der Waals surface area contributed by atoms with Gasteiger partial charge in [-0.15, -0.1) is 0 Å². The summed E-state index contributed by atoms with van der Waals surface area (Å²) in [5.41, 5.74) is 2.68. The maximum absolute atomic E-state index is 13.2. The minimum atomic E-state index is -4.04. The van der Waals surface area contributed by atoms with Crippen LogP contribution in [-0.4, -0.2) is 36.3 Å². The van der Waals surface area contributed by atoms with Gasteiger partial charge in [-0.05, 0) is 65.7 Å². The maximum atomic E-state index is 13.2. The zero-order valence-corrected chi connectivity index (χ0v) is 22.1. The Labute approximate surface area is 231 Å². The molecule has 0 saturated heterocycles. The van der Waals surface area contributed by atoms with Gasteiger partial charge < -0.3 is 21.1 Å². The quantitative estimate of drug-likeness (QED) is 0.141. The first kappa shape index (κ1) is 28.0. The number of hydrogen-bond acceptors (Lipinski definition) is 6. The molecule has 11 heteroatoms. The number of nitrogens with one attached hydrogen (secondary N) is 4. The highest BCUT2D eigenvalue weighted by Gasteiger charge is 2.31. The lowest BCUT2D eigenvalue weighted by Crippen LogP contribution is -2.29. The molecule has 1 aromatic heterocycles. The van der Waals surface area contributed by atoms with Crippen molar-refractivity contribution in [1.82, 2.24) is 10.3 Å². The average molecular weight is 558 g/mol. The summed E-state index contributed by atoms with van der Waals surface area (Å²) in [6.45, 7) is 0.497. The molecule has 1 heterocycles. The van der Waals surface area contributed by atoms with Crippen LogP contribution in [0.15, 0.2) is 108 Å².